The van der Waals surface area contributed by atoms with E-state index < -0.39 is 0 Å². The third-order valence-electron chi connectivity index (χ3n) is 1.73. The molecule has 0 atom stereocenters. The maximum atomic E-state index is 8.71. The monoisotopic (exact) mass is 212 g/mol. The van der Waals surface area contributed by atoms with Crippen LogP contribution in [0.25, 0.3) is 0 Å². The Kier molecular flexibility index (Phi) is 4.62. The van der Waals surface area contributed by atoms with Crippen LogP contribution >= 0.6 is 11.8 Å². The van der Waals surface area contributed by atoms with Crippen LogP contribution in [-0.2, 0) is 0 Å². The van der Waals surface area contributed by atoms with E-state index in [1.54, 1.807) is 11.8 Å². The molecule has 0 aliphatic heterocycles. The van der Waals surface area contributed by atoms with Gasteiger partial charge in [0.2, 0.25) is 0 Å². The van der Waals surface area contributed by atoms with Gasteiger partial charge in [-0.15, -0.1) is 11.8 Å². The van der Waals surface area contributed by atoms with E-state index in [0.717, 1.165) is 22.0 Å². The third-order valence-corrected chi connectivity index (χ3v) is 2.67. The first kappa shape index (κ1) is 11.2. The van der Waals surface area contributed by atoms with Crippen LogP contribution in [0.3, 0.4) is 0 Å². The molecule has 4 heteroatoms. The van der Waals surface area contributed by atoms with E-state index >= 15 is 0 Å². The summed E-state index contributed by atoms with van der Waals surface area (Å²) in [5.74, 6) is 1.01. The molecule has 0 aliphatic carbocycles. The minimum atomic E-state index is 0.139. The highest BCUT2D eigenvalue weighted by Gasteiger charge is 2.01. The summed E-state index contributed by atoms with van der Waals surface area (Å²) in [6.45, 7) is 2.81. The van der Waals surface area contributed by atoms with Crippen molar-refractivity contribution < 1.29 is 5.11 Å². The van der Waals surface area contributed by atoms with Crippen LogP contribution in [0, 0.1) is 0 Å². The zero-order valence-corrected chi connectivity index (χ0v) is 9.10. The quantitative estimate of drug-likeness (QED) is 0.514. The molecule has 0 amide bonds. The standard InChI is InChI=1S/C10H16N2OS/c1-2-14-10-7-8(11)3-4-9(10)12-5-6-13/h3-4,7,12-13H,2,5-6,11H2,1H3. The second kappa shape index (κ2) is 5.78. The van der Waals surface area contributed by atoms with Gasteiger partial charge in [-0.2, -0.15) is 0 Å². The van der Waals surface area contributed by atoms with E-state index in [-0.39, 0.29) is 6.61 Å². The van der Waals surface area contributed by atoms with Gasteiger partial charge < -0.3 is 16.2 Å². The van der Waals surface area contributed by atoms with Gasteiger partial charge in [-0.1, -0.05) is 6.92 Å². The molecule has 0 fully saturated rings. The summed E-state index contributed by atoms with van der Waals surface area (Å²) >= 11 is 1.74. The number of nitrogen functional groups attached to an aromatic ring is 1. The van der Waals surface area contributed by atoms with Crippen molar-refractivity contribution in [3.63, 3.8) is 0 Å². The Morgan fingerprint density at radius 1 is 1.50 bits per heavy atom. The largest absolute Gasteiger partial charge is 0.399 e. The number of aliphatic hydroxyl groups is 1. The van der Waals surface area contributed by atoms with Crippen LogP contribution in [0.15, 0.2) is 23.1 Å². The van der Waals surface area contributed by atoms with Gasteiger partial charge >= 0.3 is 0 Å². The first-order valence-electron chi connectivity index (χ1n) is 4.65. The molecule has 1 aromatic carbocycles. The highest BCUT2D eigenvalue weighted by molar-refractivity contribution is 7.99. The van der Waals surface area contributed by atoms with E-state index in [2.05, 4.69) is 12.2 Å². The molecule has 0 heterocycles. The van der Waals surface area contributed by atoms with Crippen molar-refractivity contribution in [3.05, 3.63) is 18.2 Å². The molecule has 78 valence electrons. The van der Waals surface area contributed by atoms with E-state index in [4.69, 9.17) is 10.8 Å². The van der Waals surface area contributed by atoms with Gasteiger partial charge in [-0.3, -0.25) is 0 Å². The summed E-state index contributed by atoms with van der Waals surface area (Å²) in [5, 5.41) is 11.9. The second-order valence-corrected chi connectivity index (χ2v) is 4.14. The molecule has 1 aromatic rings. The van der Waals surface area contributed by atoms with Crippen LogP contribution in [0.4, 0.5) is 11.4 Å². The van der Waals surface area contributed by atoms with E-state index in [1.807, 2.05) is 18.2 Å². The SMILES string of the molecule is CCSc1cc(N)ccc1NCCO. The number of nitrogens with one attached hydrogen (secondary N) is 1. The Hall–Kier alpha value is -0.870. The Morgan fingerprint density at radius 2 is 2.29 bits per heavy atom. The fraction of sp³-hybridized carbons (Fsp3) is 0.400. The minimum absolute atomic E-state index is 0.139. The lowest BCUT2D eigenvalue weighted by atomic mass is 10.3. The molecule has 0 aromatic heterocycles. The average Bonchev–Trinajstić information content (AvgIpc) is 2.17. The molecule has 0 saturated heterocycles. The molecule has 0 bridgehead atoms. The van der Waals surface area contributed by atoms with Crippen molar-refractivity contribution in [2.45, 2.75) is 11.8 Å². The average molecular weight is 212 g/mol. The predicted molar refractivity (Wildman–Crippen MR) is 62.8 cm³/mol. The number of hydrogen-bond donors (Lipinski definition) is 3. The van der Waals surface area contributed by atoms with Crippen molar-refractivity contribution in [3.8, 4) is 0 Å². The van der Waals surface area contributed by atoms with Gasteiger partial charge in [-0.25, -0.2) is 0 Å². The fourth-order valence-electron chi connectivity index (χ4n) is 1.15. The Balaban J connectivity index is 2.78. The van der Waals surface area contributed by atoms with Crippen molar-refractivity contribution in [1.29, 1.82) is 0 Å². The summed E-state index contributed by atoms with van der Waals surface area (Å²) in [5.41, 5.74) is 7.51. The number of hydrogen-bond acceptors (Lipinski definition) is 4. The fourth-order valence-corrected chi connectivity index (χ4v) is 1.98. The lowest BCUT2D eigenvalue weighted by Crippen LogP contribution is -2.06. The smallest absolute Gasteiger partial charge is 0.0604 e. The van der Waals surface area contributed by atoms with E-state index in [9.17, 15) is 0 Å². The van der Waals surface area contributed by atoms with Crippen LogP contribution in [0.5, 0.6) is 0 Å². The highest BCUT2D eigenvalue weighted by Crippen LogP contribution is 2.28. The molecule has 0 saturated carbocycles. The van der Waals surface area contributed by atoms with E-state index in [0.29, 0.717) is 6.54 Å². The maximum Gasteiger partial charge on any atom is 0.0604 e. The van der Waals surface area contributed by atoms with Gasteiger partial charge in [0.25, 0.3) is 0 Å². The van der Waals surface area contributed by atoms with Crippen LogP contribution < -0.4 is 11.1 Å². The van der Waals surface area contributed by atoms with Gasteiger partial charge in [0.05, 0.1) is 6.61 Å². The summed E-state index contributed by atoms with van der Waals surface area (Å²) in [4.78, 5) is 1.14. The molecule has 0 aliphatic rings. The van der Waals surface area contributed by atoms with Crippen molar-refractivity contribution in [2.75, 3.05) is 30.0 Å². The van der Waals surface area contributed by atoms with Gasteiger partial charge in [0.1, 0.15) is 0 Å². The first-order chi connectivity index (χ1) is 6.77. The van der Waals surface area contributed by atoms with Crippen LogP contribution in [-0.4, -0.2) is 24.0 Å². The molecule has 0 unspecified atom stereocenters. The maximum absolute atomic E-state index is 8.71. The van der Waals surface area contributed by atoms with Crippen LogP contribution in [0.2, 0.25) is 0 Å². The number of rotatable bonds is 5. The molecule has 1 rings (SSSR count). The second-order valence-electron chi connectivity index (χ2n) is 2.84. The minimum Gasteiger partial charge on any atom is -0.399 e. The molecule has 14 heavy (non-hydrogen) atoms. The Morgan fingerprint density at radius 3 is 2.93 bits per heavy atom. The van der Waals surface area contributed by atoms with Crippen LogP contribution in [0.1, 0.15) is 6.92 Å². The van der Waals surface area contributed by atoms with Gasteiger partial charge in [0.15, 0.2) is 0 Å². The lowest BCUT2D eigenvalue weighted by molar-refractivity contribution is 0.311. The molecule has 0 spiro atoms. The van der Waals surface area contributed by atoms with Crippen molar-refractivity contribution in [1.82, 2.24) is 0 Å². The molecule has 0 radical (unpaired) electrons. The summed E-state index contributed by atoms with van der Waals surface area (Å²) in [6, 6.07) is 5.76. The number of aliphatic hydroxyl groups excluding tert-OH is 1. The molecular weight excluding hydrogens is 196 g/mol. The zero-order chi connectivity index (χ0) is 10.4. The number of anilines is 2. The zero-order valence-electron chi connectivity index (χ0n) is 8.29. The molecular formula is C10H16N2OS. The van der Waals surface area contributed by atoms with Gasteiger partial charge in [-0.05, 0) is 24.0 Å². The normalized spacial score (nSPS) is 10.1. The predicted octanol–water partition coefficient (Wildman–Crippen LogP) is 1.78. The lowest BCUT2D eigenvalue weighted by Gasteiger charge is -2.10. The molecule has 3 nitrogen and oxygen atoms in total. The Labute approximate surface area is 88.7 Å². The summed E-state index contributed by atoms with van der Waals surface area (Å²) in [7, 11) is 0. The number of thioether (sulfide) groups is 1. The topological polar surface area (TPSA) is 58.3 Å². The number of nitrogens with two attached hydrogens (primary N) is 1. The summed E-state index contributed by atoms with van der Waals surface area (Å²) < 4.78 is 0. The van der Waals surface area contributed by atoms with E-state index in [1.165, 1.54) is 0 Å². The molecule has 4 N–H and O–H groups in total. The van der Waals surface area contributed by atoms with Crippen molar-refractivity contribution >= 4 is 23.1 Å². The van der Waals surface area contributed by atoms with Crippen molar-refractivity contribution in [2.24, 2.45) is 0 Å². The number of benzene rings is 1. The third kappa shape index (κ3) is 3.12. The van der Waals surface area contributed by atoms with Gasteiger partial charge in [0, 0.05) is 22.8 Å². The summed E-state index contributed by atoms with van der Waals surface area (Å²) in [6.07, 6.45) is 0. The first-order valence-corrected chi connectivity index (χ1v) is 5.63. The highest BCUT2D eigenvalue weighted by atomic mass is 32.2. The Bertz CT molecular complexity index is 291.